The molecule has 1 aliphatic heterocycles. The lowest BCUT2D eigenvalue weighted by Crippen LogP contribution is -2.53. The number of aryl methyl sites for hydroxylation is 4. The Bertz CT molecular complexity index is 1370. The molecule has 1 aliphatic rings. The fraction of sp³-hybridized carbons (Fsp3) is 0.345. The first-order valence-corrected chi connectivity index (χ1v) is 12.3. The molecule has 0 saturated carbocycles. The van der Waals surface area contributed by atoms with Gasteiger partial charge in [0.1, 0.15) is 5.56 Å². The molecular formula is C29H33N5O. The lowest BCUT2D eigenvalue weighted by atomic mass is 10.0. The number of piperazine rings is 1. The van der Waals surface area contributed by atoms with E-state index in [2.05, 4.69) is 86.2 Å². The summed E-state index contributed by atoms with van der Waals surface area (Å²) in [5.74, 6) is 0.00740. The number of anilines is 1. The van der Waals surface area contributed by atoms with Crippen molar-refractivity contribution in [3.8, 4) is 0 Å². The third-order valence-electron chi connectivity index (χ3n) is 7.22. The fourth-order valence-electron chi connectivity index (χ4n) is 5.06. The van der Waals surface area contributed by atoms with Crippen LogP contribution in [0.4, 0.5) is 5.69 Å². The first-order chi connectivity index (χ1) is 16.8. The second kappa shape index (κ2) is 9.17. The van der Waals surface area contributed by atoms with E-state index in [0.29, 0.717) is 24.3 Å². The van der Waals surface area contributed by atoms with E-state index < -0.39 is 0 Å². The van der Waals surface area contributed by atoms with Crippen LogP contribution in [0.5, 0.6) is 0 Å². The highest BCUT2D eigenvalue weighted by Gasteiger charge is 2.29. The number of nitrogens with zero attached hydrogens (tertiary/aromatic N) is 5. The van der Waals surface area contributed by atoms with Gasteiger partial charge >= 0.3 is 0 Å². The Hall–Kier alpha value is -3.67. The van der Waals surface area contributed by atoms with E-state index in [9.17, 15) is 4.79 Å². The third kappa shape index (κ3) is 4.41. The molecule has 6 nitrogen and oxygen atoms in total. The minimum atomic E-state index is 0.00740. The molecule has 1 amide bonds. The molecule has 35 heavy (non-hydrogen) atoms. The SMILES string of the molecule is Cc1ccc(Cc2c(C)nc3c(C(=O)N4CCN(c5ccc(C)cc5)[C@@H](C)C4)cnn3c2C)cc1. The summed E-state index contributed by atoms with van der Waals surface area (Å²) >= 11 is 0. The first kappa shape index (κ1) is 23.1. The normalized spacial score (nSPS) is 16.2. The summed E-state index contributed by atoms with van der Waals surface area (Å²) in [7, 11) is 0. The van der Waals surface area contributed by atoms with Crippen LogP contribution in [0.2, 0.25) is 0 Å². The molecule has 0 bridgehead atoms. The van der Waals surface area contributed by atoms with Gasteiger partial charge in [0.15, 0.2) is 5.65 Å². The van der Waals surface area contributed by atoms with E-state index in [1.807, 2.05) is 16.3 Å². The van der Waals surface area contributed by atoms with Gasteiger partial charge in [0.05, 0.1) is 6.20 Å². The maximum atomic E-state index is 13.6. The highest BCUT2D eigenvalue weighted by Crippen LogP contribution is 2.24. The molecular weight excluding hydrogens is 434 g/mol. The van der Waals surface area contributed by atoms with Gasteiger partial charge in [-0.2, -0.15) is 5.10 Å². The largest absolute Gasteiger partial charge is 0.365 e. The van der Waals surface area contributed by atoms with Crippen molar-refractivity contribution in [3.63, 3.8) is 0 Å². The van der Waals surface area contributed by atoms with E-state index in [0.717, 1.165) is 29.9 Å². The van der Waals surface area contributed by atoms with Gasteiger partial charge in [0, 0.05) is 49.2 Å². The molecule has 180 valence electrons. The van der Waals surface area contributed by atoms with Crippen LogP contribution in [0.25, 0.3) is 5.65 Å². The van der Waals surface area contributed by atoms with Gasteiger partial charge in [-0.3, -0.25) is 4.79 Å². The number of fused-ring (bicyclic) bond motifs is 1. The molecule has 3 heterocycles. The van der Waals surface area contributed by atoms with Gasteiger partial charge < -0.3 is 9.80 Å². The Labute approximate surface area is 207 Å². The van der Waals surface area contributed by atoms with E-state index in [4.69, 9.17) is 4.98 Å². The van der Waals surface area contributed by atoms with Crippen molar-refractivity contribution in [1.29, 1.82) is 0 Å². The van der Waals surface area contributed by atoms with Crippen LogP contribution in [0.3, 0.4) is 0 Å². The standard InChI is InChI=1S/C29H33N5O/c1-19-6-10-24(11-7-19)16-26-22(4)31-28-27(17-30-34(28)23(26)5)29(35)32-14-15-33(21(3)18-32)25-12-8-20(2)9-13-25/h6-13,17,21H,14-16,18H2,1-5H3/t21-/m0/s1. The van der Waals surface area contributed by atoms with Crippen LogP contribution >= 0.6 is 0 Å². The lowest BCUT2D eigenvalue weighted by Gasteiger charge is -2.41. The molecule has 0 radical (unpaired) electrons. The number of hydrogen-bond acceptors (Lipinski definition) is 4. The molecule has 2 aromatic carbocycles. The van der Waals surface area contributed by atoms with Crippen LogP contribution in [-0.2, 0) is 6.42 Å². The molecule has 2 aromatic heterocycles. The second-order valence-corrected chi connectivity index (χ2v) is 9.85. The van der Waals surface area contributed by atoms with Crippen LogP contribution in [0.1, 0.15) is 50.9 Å². The Kier molecular flexibility index (Phi) is 6.05. The quantitative estimate of drug-likeness (QED) is 0.428. The summed E-state index contributed by atoms with van der Waals surface area (Å²) in [6.07, 6.45) is 2.48. The number of aromatic nitrogens is 3. The molecule has 1 saturated heterocycles. The maximum absolute atomic E-state index is 13.6. The van der Waals surface area contributed by atoms with Crippen LogP contribution in [0, 0.1) is 27.7 Å². The monoisotopic (exact) mass is 467 g/mol. The van der Waals surface area contributed by atoms with Gasteiger partial charge in [0.2, 0.25) is 0 Å². The Morgan fingerprint density at radius 1 is 0.943 bits per heavy atom. The van der Waals surface area contributed by atoms with Gasteiger partial charge in [-0.15, -0.1) is 0 Å². The Balaban J connectivity index is 1.38. The summed E-state index contributed by atoms with van der Waals surface area (Å²) in [6.45, 7) is 12.6. The van der Waals surface area contributed by atoms with Crippen molar-refractivity contribution in [3.05, 3.63) is 93.9 Å². The van der Waals surface area contributed by atoms with Gasteiger partial charge in [0.25, 0.3) is 5.91 Å². The smallest absolute Gasteiger partial charge is 0.259 e. The highest BCUT2D eigenvalue weighted by atomic mass is 16.2. The number of amides is 1. The Morgan fingerprint density at radius 2 is 1.60 bits per heavy atom. The maximum Gasteiger partial charge on any atom is 0.259 e. The summed E-state index contributed by atoms with van der Waals surface area (Å²) in [4.78, 5) is 22.7. The lowest BCUT2D eigenvalue weighted by molar-refractivity contribution is 0.0728. The molecule has 0 unspecified atom stereocenters. The van der Waals surface area contributed by atoms with E-state index >= 15 is 0 Å². The zero-order valence-corrected chi connectivity index (χ0v) is 21.2. The highest BCUT2D eigenvalue weighted by molar-refractivity contribution is 6.00. The minimum absolute atomic E-state index is 0.00740. The van der Waals surface area contributed by atoms with Crippen molar-refractivity contribution in [2.24, 2.45) is 0 Å². The molecule has 0 N–H and O–H groups in total. The van der Waals surface area contributed by atoms with Gasteiger partial charge in [-0.1, -0.05) is 47.5 Å². The number of carbonyl (C=O) groups is 1. The Morgan fingerprint density at radius 3 is 2.26 bits per heavy atom. The summed E-state index contributed by atoms with van der Waals surface area (Å²) in [6, 6.07) is 17.4. The van der Waals surface area contributed by atoms with Crippen molar-refractivity contribution in [1.82, 2.24) is 19.5 Å². The van der Waals surface area contributed by atoms with E-state index in [1.165, 1.54) is 22.4 Å². The molecule has 0 aliphatic carbocycles. The third-order valence-corrected chi connectivity index (χ3v) is 7.22. The molecule has 5 rings (SSSR count). The summed E-state index contributed by atoms with van der Waals surface area (Å²) in [5, 5.41) is 4.58. The zero-order chi connectivity index (χ0) is 24.7. The predicted octanol–water partition coefficient (Wildman–Crippen LogP) is 4.90. The average molecular weight is 468 g/mol. The van der Waals surface area contributed by atoms with Crippen molar-refractivity contribution >= 4 is 17.2 Å². The molecule has 1 atom stereocenters. The molecule has 6 heteroatoms. The number of hydrogen-bond donors (Lipinski definition) is 0. The summed E-state index contributed by atoms with van der Waals surface area (Å²) < 4.78 is 1.83. The van der Waals surface area contributed by atoms with Crippen molar-refractivity contribution < 1.29 is 4.79 Å². The zero-order valence-electron chi connectivity index (χ0n) is 21.2. The molecule has 1 fully saturated rings. The van der Waals surface area contributed by atoms with Crippen molar-refractivity contribution in [2.75, 3.05) is 24.5 Å². The van der Waals surface area contributed by atoms with Gasteiger partial charge in [-0.25, -0.2) is 9.50 Å². The first-order valence-electron chi connectivity index (χ1n) is 12.3. The average Bonchev–Trinajstić information content (AvgIpc) is 3.27. The van der Waals surface area contributed by atoms with Crippen LogP contribution in [-0.4, -0.2) is 51.1 Å². The number of carbonyl (C=O) groups excluding carboxylic acids is 1. The second-order valence-electron chi connectivity index (χ2n) is 9.85. The fourth-order valence-corrected chi connectivity index (χ4v) is 5.06. The van der Waals surface area contributed by atoms with E-state index in [1.54, 1.807) is 6.20 Å². The van der Waals surface area contributed by atoms with Gasteiger partial charge in [-0.05, 0) is 57.9 Å². The number of rotatable bonds is 4. The molecule has 4 aromatic rings. The van der Waals surface area contributed by atoms with E-state index in [-0.39, 0.29) is 11.9 Å². The van der Waals surface area contributed by atoms with Crippen molar-refractivity contribution in [2.45, 2.75) is 47.1 Å². The van der Waals surface area contributed by atoms with Crippen LogP contribution in [0.15, 0.2) is 54.7 Å². The summed E-state index contributed by atoms with van der Waals surface area (Å²) in [5.41, 5.74) is 9.31. The topological polar surface area (TPSA) is 53.7 Å². The predicted molar refractivity (Wildman–Crippen MR) is 140 cm³/mol. The number of benzene rings is 2. The molecule has 0 spiro atoms. The van der Waals surface area contributed by atoms with Crippen LogP contribution < -0.4 is 4.90 Å². The minimum Gasteiger partial charge on any atom is -0.365 e.